The Morgan fingerprint density at radius 2 is 1.75 bits per heavy atom. The van der Waals surface area contributed by atoms with Crippen molar-refractivity contribution in [2.24, 2.45) is 0 Å². The third kappa shape index (κ3) is 3.25. The number of pyridine rings is 1. The van der Waals surface area contributed by atoms with Gasteiger partial charge in [-0.25, -0.2) is 4.79 Å². The molecule has 4 aromatic rings. The summed E-state index contributed by atoms with van der Waals surface area (Å²) >= 11 is 0. The zero-order chi connectivity index (χ0) is 23.2. The lowest BCUT2D eigenvalue weighted by Crippen LogP contribution is -2.17. The number of carbonyl (C=O) groups is 2. The van der Waals surface area contributed by atoms with Crippen LogP contribution in [0.2, 0.25) is 0 Å². The number of benzene rings is 2. The maximum atomic E-state index is 14.1. The number of nitro groups is 1. The Morgan fingerprint density at radius 3 is 2.41 bits per heavy atom. The number of methoxy groups -OCH3 is 1. The highest BCUT2D eigenvalue weighted by Gasteiger charge is 2.43. The topological polar surface area (TPSA) is 90.9 Å². The van der Waals surface area contributed by atoms with Crippen LogP contribution in [0, 0.1) is 10.1 Å². The number of ether oxygens (including phenoxy) is 1. The molecule has 32 heavy (non-hydrogen) atoms. The minimum atomic E-state index is -5.00. The predicted molar refractivity (Wildman–Crippen MR) is 108 cm³/mol. The second-order valence-corrected chi connectivity index (χ2v) is 6.85. The highest BCUT2D eigenvalue weighted by Crippen LogP contribution is 2.40. The molecule has 10 heteroatoms. The number of carbonyl (C=O) groups excluding carboxylic acids is 2. The van der Waals surface area contributed by atoms with E-state index in [2.05, 4.69) is 4.74 Å². The van der Waals surface area contributed by atoms with Crippen molar-refractivity contribution in [3.63, 3.8) is 0 Å². The van der Waals surface area contributed by atoms with E-state index >= 15 is 0 Å². The molecule has 2 heterocycles. The molecule has 0 aliphatic rings. The molecule has 0 spiro atoms. The summed E-state index contributed by atoms with van der Waals surface area (Å²) < 4.78 is 47.6. The van der Waals surface area contributed by atoms with Gasteiger partial charge in [0.1, 0.15) is 11.3 Å². The lowest BCUT2D eigenvalue weighted by Gasteiger charge is -2.10. The monoisotopic (exact) mass is 442 g/mol. The standard InChI is InChI=1S/C22H13F3N2O5/c1-32-21(29)17-16(19(28)13-6-4-7-14(11-13)27(30)31)18-15-8-3-2-5-12(15)9-10-26(18)20(17)22(23,24)25/h2-11H,1H3. The van der Waals surface area contributed by atoms with E-state index in [0.29, 0.717) is 10.8 Å². The fourth-order valence-corrected chi connectivity index (χ4v) is 3.72. The van der Waals surface area contributed by atoms with Crippen LogP contribution in [0.1, 0.15) is 32.0 Å². The molecule has 0 fully saturated rings. The fourth-order valence-electron chi connectivity index (χ4n) is 3.72. The van der Waals surface area contributed by atoms with Crippen LogP contribution in [0.4, 0.5) is 18.9 Å². The number of hydrogen-bond donors (Lipinski definition) is 0. The number of ketones is 1. The smallest absolute Gasteiger partial charge is 0.432 e. The van der Waals surface area contributed by atoms with E-state index in [4.69, 9.17) is 0 Å². The number of non-ortho nitro benzene ring substituents is 1. The van der Waals surface area contributed by atoms with Crippen molar-refractivity contribution in [2.75, 3.05) is 7.11 Å². The van der Waals surface area contributed by atoms with E-state index in [1.807, 2.05) is 0 Å². The van der Waals surface area contributed by atoms with Crippen LogP contribution in [0.3, 0.4) is 0 Å². The highest BCUT2D eigenvalue weighted by molar-refractivity contribution is 6.23. The van der Waals surface area contributed by atoms with Crippen LogP contribution in [0.25, 0.3) is 16.3 Å². The Hall–Kier alpha value is -4.21. The van der Waals surface area contributed by atoms with Crippen LogP contribution in [0.15, 0.2) is 60.8 Å². The minimum Gasteiger partial charge on any atom is -0.465 e. The van der Waals surface area contributed by atoms with Gasteiger partial charge in [-0.15, -0.1) is 0 Å². The molecule has 0 saturated heterocycles. The number of nitrogens with zero attached hydrogens (tertiary/aromatic N) is 2. The summed E-state index contributed by atoms with van der Waals surface area (Å²) in [5.74, 6) is -2.32. The van der Waals surface area contributed by atoms with Crippen molar-refractivity contribution in [3.05, 3.63) is 93.3 Å². The van der Waals surface area contributed by atoms with Crippen LogP contribution in [-0.2, 0) is 10.9 Å². The molecular weight excluding hydrogens is 429 g/mol. The SMILES string of the molecule is COC(=O)c1c(C(=O)c2cccc([N+](=O)[O-])c2)c2c3ccccc3ccn2c1C(F)(F)F. The summed E-state index contributed by atoms with van der Waals surface area (Å²) in [4.78, 5) is 36.4. The second kappa shape index (κ2) is 7.49. The van der Waals surface area contributed by atoms with Gasteiger partial charge in [0, 0.05) is 29.3 Å². The number of nitro benzene ring substituents is 1. The number of halogens is 3. The van der Waals surface area contributed by atoms with Gasteiger partial charge in [-0.05, 0) is 11.5 Å². The second-order valence-electron chi connectivity index (χ2n) is 6.85. The normalized spacial score (nSPS) is 11.6. The number of rotatable bonds is 4. The van der Waals surface area contributed by atoms with Crippen LogP contribution in [0.5, 0.6) is 0 Å². The molecule has 0 saturated carbocycles. The van der Waals surface area contributed by atoms with Gasteiger partial charge in [-0.2, -0.15) is 13.2 Å². The lowest BCUT2D eigenvalue weighted by atomic mass is 9.97. The highest BCUT2D eigenvalue weighted by atomic mass is 19.4. The summed E-state index contributed by atoms with van der Waals surface area (Å²) in [5, 5.41) is 12.0. The van der Waals surface area contributed by atoms with Crippen LogP contribution >= 0.6 is 0 Å². The van der Waals surface area contributed by atoms with Crippen molar-refractivity contribution >= 4 is 33.7 Å². The summed E-state index contributed by atoms with van der Waals surface area (Å²) in [5.41, 5.74) is -3.65. The lowest BCUT2D eigenvalue weighted by molar-refractivity contribution is -0.384. The number of fused-ring (bicyclic) bond motifs is 3. The fraction of sp³-hybridized carbons (Fsp3) is 0.0909. The number of hydrogen-bond acceptors (Lipinski definition) is 5. The molecule has 0 atom stereocenters. The molecule has 0 radical (unpaired) electrons. The van der Waals surface area contributed by atoms with Crippen molar-refractivity contribution in [2.45, 2.75) is 6.18 Å². The van der Waals surface area contributed by atoms with Crippen molar-refractivity contribution in [3.8, 4) is 0 Å². The average Bonchev–Trinajstić information content (AvgIpc) is 3.14. The Labute approximate surface area is 177 Å². The third-order valence-electron chi connectivity index (χ3n) is 5.03. The Morgan fingerprint density at radius 1 is 1.03 bits per heavy atom. The quantitative estimate of drug-likeness (QED) is 0.191. The maximum absolute atomic E-state index is 14.1. The van der Waals surface area contributed by atoms with Gasteiger partial charge >= 0.3 is 12.1 Å². The summed E-state index contributed by atoms with van der Waals surface area (Å²) in [6.45, 7) is 0. The first-order chi connectivity index (χ1) is 15.1. The van der Waals surface area contributed by atoms with E-state index < -0.39 is 45.4 Å². The molecule has 0 amide bonds. The van der Waals surface area contributed by atoms with Crippen molar-refractivity contribution in [1.29, 1.82) is 0 Å². The first kappa shape index (κ1) is 21.0. The maximum Gasteiger partial charge on any atom is 0.432 e. The van der Waals surface area contributed by atoms with E-state index in [1.54, 1.807) is 18.2 Å². The number of aromatic nitrogens is 1. The number of esters is 1. The third-order valence-corrected chi connectivity index (χ3v) is 5.03. The van der Waals surface area contributed by atoms with Crippen molar-refractivity contribution < 1.29 is 32.4 Å². The van der Waals surface area contributed by atoms with E-state index in [1.165, 1.54) is 24.3 Å². The zero-order valence-corrected chi connectivity index (χ0v) is 16.3. The molecule has 7 nitrogen and oxygen atoms in total. The van der Waals surface area contributed by atoms with Gasteiger partial charge in [0.15, 0.2) is 5.78 Å². The van der Waals surface area contributed by atoms with Gasteiger partial charge in [0.05, 0.1) is 23.1 Å². The number of alkyl halides is 3. The van der Waals surface area contributed by atoms with Gasteiger partial charge in [0.25, 0.3) is 5.69 Å². The minimum absolute atomic E-state index is 0.146. The molecule has 0 bridgehead atoms. The summed E-state index contributed by atoms with van der Waals surface area (Å²) in [6.07, 6.45) is -3.88. The van der Waals surface area contributed by atoms with Crippen LogP contribution in [-0.4, -0.2) is 28.2 Å². The Kier molecular flexibility index (Phi) is 4.92. The zero-order valence-electron chi connectivity index (χ0n) is 16.3. The molecule has 0 N–H and O–H groups in total. The molecule has 4 rings (SSSR count). The molecule has 2 aromatic heterocycles. The van der Waals surface area contributed by atoms with Gasteiger partial charge in [0.2, 0.25) is 0 Å². The van der Waals surface area contributed by atoms with E-state index in [9.17, 15) is 32.9 Å². The molecule has 0 unspecified atom stereocenters. The average molecular weight is 442 g/mol. The largest absolute Gasteiger partial charge is 0.465 e. The van der Waals surface area contributed by atoms with Gasteiger partial charge < -0.3 is 9.14 Å². The Bertz CT molecular complexity index is 1420. The van der Waals surface area contributed by atoms with Gasteiger partial charge in [-0.1, -0.05) is 36.4 Å². The van der Waals surface area contributed by atoms with E-state index in [0.717, 1.165) is 29.8 Å². The van der Waals surface area contributed by atoms with Crippen molar-refractivity contribution in [1.82, 2.24) is 4.40 Å². The molecular formula is C22H13F3N2O5. The molecule has 162 valence electrons. The first-order valence-electron chi connectivity index (χ1n) is 9.15. The molecule has 0 aliphatic carbocycles. The van der Waals surface area contributed by atoms with Crippen LogP contribution < -0.4 is 0 Å². The molecule has 2 aromatic carbocycles. The van der Waals surface area contributed by atoms with Gasteiger partial charge in [-0.3, -0.25) is 14.9 Å². The summed E-state index contributed by atoms with van der Waals surface area (Å²) in [7, 11) is 0.907. The van der Waals surface area contributed by atoms with E-state index in [-0.39, 0.29) is 11.1 Å². The Balaban J connectivity index is 2.18. The first-order valence-corrected chi connectivity index (χ1v) is 9.15. The predicted octanol–water partition coefficient (Wildman–Crippen LogP) is 5.04. The summed E-state index contributed by atoms with van der Waals surface area (Å²) in [6, 6.07) is 12.4. The molecule has 0 aliphatic heterocycles.